The molecule has 0 aliphatic heterocycles. The molecule has 7 nitrogen and oxygen atoms in total. The van der Waals surface area contributed by atoms with Crippen LogP contribution in [0, 0.1) is 0 Å². The van der Waals surface area contributed by atoms with Crippen molar-refractivity contribution in [3.63, 3.8) is 0 Å². The SMILES string of the molecule is CN=C(NCCC(=O)NCc1ccccc1)NCc1ccc(OC)cc1OC.I. The van der Waals surface area contributed by atoms with Crippen LogP contribution in [0.5, 0.6) is 11.5 Å². The van der Waals surface area contributed by atoms with E-state index < -0.39 is 0 Å². The Kier molecular flexibility index (Phi) is 11.6. The molecule has 2 rings (SSSR count). The van der Waals surface area contributed by atoms with Crippen LogP contribution in [0.15, 0.2) is 53.5 Å². The van der Waals surface area contributed by atoms with E-state index in [-0.39, 0.29) is 29.9 Å². The first-order valence-corrected chi connectivity index (χ1v) is 9.12. The number of rotatable bonds is 9. The standard InChI is InChI=1S/C21H28N4O3.HI/c1-22-21(25-15-17-9-10-18(27-2)13-19(17)28-3)23-12-11-20(26)24-14-16-7-5-4-6-8-16;/h4-10,13H,11-12,14-15H2,1-3H3,(H,24,26)(H2,22,23,25);1H. The summed E-state index contributed by atoms with van der Waals surface area (Å²) in [4.78, 5) is 16.1. The first-order chi connectivity index (χ1) is 13.7. The highest BCUT2D eigenvalue weighted by Gasteiger charge is 2.07. The maximum atomic E-state index is 12.0. The van der Waals surface area contributed by atoms with Crippen LogP contribution in [-0.4, -0.2) is 39.7 Å². The molecular weight excluding hydrogens is 483 g/mol. The first-order valence-electron chi connectivity index (χ1n) is 9.12. The van der Waals surface area contributed by atoms with Crippen molar-refractivity contribution in [1.82, 2.24) is 16.0 Å². The van der Waals surface area contributed by atoms with Gasteiger partial charge in [-0.3, -0.25) is 9.79 Å². The summed E-state index contributed by atoms with van der Waals surface area (Å²) in [7, 11) is 4.93. The molecule has 3 N–H and O–H groups in total. The van der Waals surface area contributed by atoms with Crippen molar-refractivity contribution in [2.45, 2.75) is 19.5 Å². The Bertz CT molecular complexity index is 785. The number of ether oxygens (including phenoxy) is 2. The maximum absolute atomic E-state index is 12.0. The van der Waals surface area contributed by atoms with Gasteiger partial charge in [-0.2, -0.15) is 0 Å². The van der Waals surface area contributed by atoms with E-state index in [1.165, 1.54) is 0 Å². The number of carbonyl (C=O) groups is 1. The maximum Gasteiger partial charge on any atom is 0.222 e. The summed E-state index contributed by atoms with van der Waals surface area (Å²) in [5, 5.41) is 9.26. The van der Waals surface area contributed by atoms with Gasteiger partial charge < -0.3 is 25.4 Å². The van der Waals surface area contributed by atoms with Crippen molar-refractivity contribution in [1.29, 1.82) is 0 Å². The van der Waals surface area contributed by atoms with Gasteiger partial charge in [0.1, 0.15) is 11.5 Å². The van der Waals surface area contributed by atoms with Gasteiger partial charge >= 0.3 is 0 Å². The van der Waals surface area contributed by atoms with E-state index in [2.05, 4.69) is 20.9 Å². The first kappa shape index (κ1) is 24.5. The van der Waals surface area contributed by atoms with Crippen molar-refractivity contribution in [3.8, 4) is 11.5 Å². The summed E-state index contributed by atoms with van der Waals surface area (Å²) >= 11 is 0. The number of hydrogen-bond acceptors (Lipinski definition) is 4. The molecule has 0 aromatic heterocycles. The summed E-state index contributed by atoms with van der Waals surface area (Å²) in [6.45, 7) is 1.55. The normalized spacial score (nSPS) is 10.5. The molecule has 29 heavy (non-hydrogen) atoms. The number of methoxy groups -OCH3 is 2. The summed E-state index contributed by atoms with van der Waals surface area (Å²) in [6, 6.07) is 15.5. The van der Waals surface area contributed by atoms with Gasteiger partial charge in [0.2, 0.25) is 5.91 Å². The third-order valence-electron chi connectivity index (χ3n) is 4.14. The zero-order valence-electron chi connectivity index (χ0n) is 17.0. The lowest BCUT2D eigenvalue weighted by atomic mass is 10.2. The molecule has 0 aliphatic rings. The predicted octanol–water partition coefficient (Wildman–Crippen LogP) is 2.69. The summed E-state index contributed by atoms with van der Waals surface area (Å²) in [5.74, 6) is 2.09. The Morgan fingerprint density at radius 1 is 0.966 bits per heavy atom. The quantitative estimate of drug-likeness (QED) is 0.274. The molecule has 0 radical (unpaired) electrons. The smallest absolute Gasteiger partial charge is 0.222 e. The van der Waals surface area contributed by atoms with Gasteiger partial charge in [0.15, 0.2) is 5.96 Å². The Morgan fingerprint density at radius 2 is 1.72 bits per heavy atom. The molecule has 0 fully saturated rings. The van der Waals surface area contributed by atoms with E-state index in [1.807, 2.05) is 48.5 Å². The molecule has 0 bridgehead atoms. The lowest BCUT2D eigenvalue weighted by Crippen LogP contribution is -2.38. The second-order valence-corrected chi connectivity index (χ2v) is 6.04. The van der Waals surface area contributed by atoms with Crippen LogP contribution in [0.1, 0.15) is 17.5 Å². The number of nitrogens with one attached hydrogen (secondary N) is 3. The van der Waals surface area contributed by atoms with Crippen LogP contribution in [0.3, 0.4) is 0 Å². The molecular formula is C21H29IN4O3. The molecule has 2 aromatic carbocycles. The van der Waals surface area contributed by atoms with Gasteiger partial charge in [-0.05, 0) is 17.7 Å². The molecule has 0 saturated heterocycles. The summed E-state index contributed by atoms with van der Waals surface area (Å²) in [5.41, 5.74) is 2.06. The largest absolute Gasteiger partial charge is 0.497 e. The van der Waals surface area contributed by atoms with Gasteiger partial charge in [0, 0.05) is 44.7 Å². The van der Waals surface area contributed by atoms with Crippen LogP contribution in [0.2, 0.25) is 0 Å². The Balaban J connectivity index is 0.00000420. The highest BCUT2D eigenvalue weighted by atomic mass is 127. The van der Waals surface area contributed by atoms with Gasteiger partial charge in [-0.15, -0.1) is 24.0 Å². The van der Waals surface area contributed by atoms with E-state index in [9.17, 15) is 4.79 Å². The highest BCUT2D eigenvalue weighted by molar-refractivity contribution is 14.0. The third-order valence-corrected chi connectivity index (χ3v) is 4.14. The number of nitrogens with zero attached hydrogens (tertiary/aromatic N) is 1. The lowest BCUT2D eigenvalue weighted by Gasteiger charge is -2.14. The fourth-order valence-corrected chi connectivity index (χ4v) is 2.58. The van der Waals surface area contributed by atoms with Crippen LogP contribution in [0.4, 0.5) is 0 Å². The molecule has 0 saturated carbocycles. The van der Waals surface area contributed by atoms with Crippen LogP contribution in [-0.2, 0) is 17.9 Å². The summed E-state index contributed by atoms with van der Waals surface area (Å²) < 4.78 is 10.6. The van der Waals surface area contributed by atoms with E-state index in [1.54, 1.807) is 21.3 Å². The van der Waals surface area contributed by atoms with Gasteiger partial charge in [0.25, 0.3) is 0 Å². The average molecular weight is 512 g/mol. The van der Waals surface area contributed by atoms with Gasteiger partial charge in [0.05, 0.1) is 14.2 Å². The number of carbonyl (C=O) groups excluding carboxylic acids is 1. The third kappa shape index (κ3) is 8.59. The van der Waals surface area contributed by atoms with Gasteiger partial charge in [-0.25, -0.2) is 0 Å². The molecule has 0 spiro atoms. The second-order valence-electron chi connectivity index (χ2n) is 6.04. The molecule has 8 heteroatoms. The molecule has 158 valence electrons. The minimum atomic E-state index is -0.0105. The van der Waals surface area contributed by atoms with E-state index >= 15 is 0 Å². The Morgan fingerprint density at radius 3 is 2.38 bits per heavy atom. The van der Waals surface area contributed by atoms with Crippen LogP contribution < -0.4 is 25.4 Å². The highest BCUT2D eigenvalue weighted by Crippen LogP contribution is 2.24. The fraction of sp³-hybridized carbons (Fsp3) is 0.333. The van der Waals surface area contributed by atoms with Crippen LogP contribution >= 0.6 is 24.0 Å². The number of hydrogen-bond donors (Lipinski definition) is 3. The van der Waals surface area contributed by atoms with Crippen molar-refractivity contribution >= 4 is 35.8 Å². The Labute approximate surface area is 189 Å². The average Bonchev–Trinajstić information content (AvgIpc) is 2.75. The zero-order valence-corrected chi connectivity index (χ0v) is 19.4. The molecule has 0 aliphatic carbocycles. The predicted molar refractivity (Wildman–Crippen MR) is 126 cm³/mol. The van der Waals surface area contributed by atoms with E-state index in [4.69, 9.17) is 9.47 Å². The minimum absolute atomic E-state index is 0. The molecule has 0 heterocycles. The zero-order chi connectivity index (χ0) is 20.2. The van der Waals surface area contributed by atoms with Crippen molar-refractivity contribution < 1.29 is 14.3 Å². The van der Waals surface area contributed by atoms with Crippen LogP contribution in [0.25, 0.3) is 0 Å². The monoisotopic (exact) mass is 512 g/mol. The summed E-state index contributed by atoms with van der Waals surface area (Å²) in [6.07, 6.45) is 0.361. The molecule has 0 atom stereocenters. The second kappa shape index (κ2) is 13.6. The van der Waals surface area contributed by atoms with E-state index in [0.29, 0.717) is 32.0 Å². The number of guanidine groups is 1. The number of benzene rings is 2. The molecule has 1 amide bonds. The number of amides is 1. The molecule has 2 aromatic rings. The van der Waals surface area contributed by atoms with E-state index in [0.717, 1.165) is 22.6 Å². The lowest BCUT2D eigenvalue weighted by molar-refractivity contribution is -0.121. The number of halogens is 1. The fourth-order valence-electron chi connectivity index (χ4n) is 2.58. The number of aliphatic imine (C=N–C) groups is 1. The topological polar surface area (TPSA) is 84.0 Å². The van der Waals surface area contributed by atoms with Crippen molar-refractivity contribution in [2.75, 3.05) is 27.8 Å². The van der Waals surface area contributed by atoms with Crippen molar-refractivity contribution in [3.05, 3.63) is 59.7 Å². The minimum Gasteiger partial charge on any atom is -0.497 e. The van der Waals surface area contributed by atoms with Gasteiger partial charge in [-0.1, -0.05) is 30.3 Å². The Hall–Kier alpha value is -2.49. The van der Waals surface area contributed by atoms with Crippen molar-refractivity contribution in [2.24, 2.45) is 4.99 Å². The molecule has 0 unspecified atom stereocenters.